The van der Waals surface area contributed by atoms with Crippen molar-refractivity contribution in [1.82, 2.24) is 10.2 Å². The number of carbonyl (C=O) groups excluding carboxylic acids is 2. The van der Waals surface area contributed by atoms with Gasteiger partial charge in [-0.05, 0) is 32.1 Å². The fraction of sp³-hybridized carbons (Fsp3) is 0.778. The predicted octanol–water partition coefficient (Wildman–Crippen LogP) is 1.70. The van der Waals surface area contributed by atoms with Crippen molar-refractivity contribution in [3.63, 3.8) is 0 Å². The Labute approximate surface area is 139 Å². The Hall–Kier alpha value is -1.54. The molecule has 0 spiro atoms. The minimum absolute atomic E-state index is 0.217. The molecule has 1 rings (SSSR count). The molecule has 1 atom stereocenters. The normalized spacial score (nSPS) is 18.5. The van der Waals surface area contributed by atoms with Gasteiger partial charge in [-0.1, -0.05) is 33.1 Å². The van der Waals surface area contributed by atoms with E-state index in [1.165, 1.54) is 0 Å². The lowest BCUT2D eigenvalue weighted by Gasteiger charge is -2.32. The summed E-state index contributed by atoms with van der Waals surface area (Å²) in [5, 5.41) is 12.9. The predicted molar refractivity (Wildman–Crippen MR) is 90.5 cm³/mol. The summed E-state index contributed by atoms with van der Waals surface area (Å²) >= 11 is 0. The first-order chi connectivity index (χ1) is 10.6. The number of amides is 2. The fourth-order valence-electron chi connectivity index (χ4n) is 2.16. The molecule has 0 aromatic rings. The van der Waals surface area contributed by atoms with Gasteiger partial charge in [-0.15, -0.1) is 0 Å². The van der Waals surface area contributed by atoms with Crippen molar-refractivity contribution in [1.29, 1.82) is 0 Å². The summed E-state index contributed by atoms with van der Waals surface area (Å²) in [5.74, 6) is 4.91. The number of hydrogen-bond acceptors (Lipinski definition) is 3. The summed E-state index contributed by atoms with van der Waals surface area (Å²) in [6.45, 7) is 9.20. The second kappa shape index (κ2) is 8.35. The highest BCUT2D eigenvalue weighted by Gasteiger charge is 2.33. The second-order valence-electron chi connectivity index (χ2n) is 7.37. The van der Waals surface area contributed by atoms with Crippen LogP contribution in [0.3, 0.4) is 0 Å². The van der Waals surface area contributed by atoms with E-state index < -0.39 is 16.9 Å². The fourth-order valence-corrected chi connectivity index (χ4v) is 2.16. The van der Waals surface area contributed by atoms with Gasteiger partial charge in [0.25, 0.3) is 5.91 Å². The van der Waals surface area contributed by atoms with Crippen molar-refractivity contribution in [3.8, 4) is 11.8 Å². The average molecular weight is 322 g/mol. The topological polar surface area (TPSA) is 69.6 Å². The molecule has 1 aliphatic rings. The first-order valence-corrected chi connectivity index (χ1v) is 8.45. The molecule has 130 valence electrons. The maximum Gasteiger partial charge on any atom is 0.295 e. The van der Waals surface area contributed by atoms with Crippen LogP contribution < -0.4 is 5.32 Å². The van der Waals surface area contributed by atoms with Gasteiger partial charge in [0.2, 0.25) is 5.91 Å². The van der Waals surface area contributed by atoms with Crippen LogP contribution in [0.2, 0.25) is 0 Å². The van der Waals surface area contributed by atoms with E-state index in [1.807, 2.05) is 25.7 Å². The lowest BCUT2D eigenvalue weighted by Crippen LogP contribution is -2.38. The molecule has 1 heterocycles. The van der Waals surface area contributed by atoms with Crippen LogP contribution in [0.15, 0.2) is 0 Å². The minimum Gasteiger partial charge on any atom is -0.377 e. The molecule has 0 aliphatic carbocycles. The van der Waals surface area contributed by atoms with Crippen LogP contribution in [0.4, 0.5) is 0 Å². The number of rotatable bonds is 4. The molecule has 23 heavy (non-hydrogen) atoms. The van der Waals surface area contributed by atoms with E-state index in [0.717, 1.165) is 32.2 Å². The number of likely N-dealkylation sites (tertiary alicyclic amines) is 1. The van der Waals surface area contributed by atoms with Gasteiger partial charge >= 0.3 is 0 Å². The molecule has 1 saturated heterocycles. The van der Waals surface area contributed by atoms with Crippen LogP contribution in [0.1, 0.15) is 59.8 Å². The third kappa shape index (κ3) is 6.62. The number of carbonyl (C=O) groups is 2. The lowest BCUT2D eigenvalue weighted by atomic mass is 9.78. The van der Waals surface area contributed by atoms with Gasteiger partial charge in [0, 0.05) is 31.5 Å². The van der Waals surface area contributed by atoms with Gasteiger partial charge in [0.15, 0.2) is 0 Å². The smallest absolute Gasteiger partial charge is 0.295 e. The van der Waals surface area contributed by atoms with E-state index in [2.05, 4.69) is 17.2 Å². The van der Waals surface area contributed by atoms with E-state index in [4.69, 9.17) is 0 Å². The van der Waals surface area contributed by atoms with Gasteiger partial charge < -0.3 is 15.3 Å². The maximum atomic E-state index is 11.8. The molecule has 1 fully saturated rings. The highest BCUT2D eigenvalue weighted by molar-refractivity contribution is 5.93. The molecule has 1 aliphatic heterocycles. The standard InChI is InChI=1S/C18H30N2O3/c1-17(2,3)18(4,23)11-10-15(21)19-12-8-14-20-13-7-5-6-9-16(20)22/h23H,5-9,12-14H2,1-4H3,(H,19,21). The maximum absolute atomic E-state index is 11.8. The molecule has 5 nitrogen and oxygen atoms in total. The summed E-state index contributed by atoms with van der Waals surface area (Å²) in [4.78, 5) is 25.4. The number of nitrogens with zero attached hydrogens (tertiary/aromatic N) is 1. The van der Waals surface area contributed by atoms with Crippen LogP contribution >= 0.6 is 0 Å². The van der Waals surface area contributed by atoms with E-state index in [-0.39, 0.29) is 5.91 Å². The van der Waals surface area contributed by atoms with E-state index in [1.54, 1.807) is 6.92 Å². The summed E-state index contributed by atoms with van der Waals surface area (Å²) in [7, 11) is 0. The molecule has 0 aromatic heterocycles. The Kier molecular flexibility index (Phi) is 7.08. The molecule has 0 bridgehead atoms. The SMILES string of the molecule is CC(C)(C)C(C)(O)C#CC(=O)NCCCN1CCCCCC1=O. The first kappa shape index (κ1) is 19.5. The van der Waals surface area contributed by atoms with Gasteiger partial charge in [-0.25, -0.2) is 0 Å². The van der Waals surface area contributed by atoms with Crippen LogP contribution in [0.25, 0.3) is 0 Å². The monoisotopic (exact) mass is 322 g/mol. The highest BCUT2D eigenvalue weighted by Crippen LogP contribution is 2.28. The van der Waals surface area contributed by atoms with Crippen molar-refractivity contribution in [3.05, 3.63) is 0 Å². The van der Waals surface area contributed by atoms with E-state index in [0.29, 0.717) is 19.5 Å². The molecule has 2 amide bonds. The number of aliphatic hydroxyl groups is 1. The van der Waals surface area contributed by atoms with Crippen LogP contribution in [-0.4, -0.2) is 47.1 Å². The average Bonchev–Trinajstić information content (AvgIpc) is 2.65. The zero-order valence-electron chi connectivity index (χ0n) is 14.9. The van der Waals surface area contributed by atoms with Crippen molar-refractivity contribution >= 4 is 11.8 Å². The molecule has 0 aromatic carbocycles. The summed E-state index contributed by atoms with van der Waals surface area (Å²) in [6.07, 6.45) is 4.51. The van der Waals surface area contributed by atoms with Crippen LogP contribution in [-0.2, 0) is 9.59 Å². The summed E-state index contributed by atoms with van der Waals surface area (Å²) in [5.41, 5.74) is -1.64. The van der Waals surface area contributed by atoms with Crippen molar-refractivity contribution in [2.24, 2.45) is 5.41 Å². The quantitative estimate of drug-likeness (QED) is 0.611. The zero-order chi connectivity index (χ0) is 17.5. The van der Waals surface area contributed by atoms with Crippen molar-refractivity contribution in [2.75, 3.05) is 19.6 Å². The third-order valence-corrected chi connectivity index (χ3v) is 4.44. The summed E-state index contributed by atoms with van der Waals surface area (Å²) < 4.78 is 0. The van der Waals surface area contributed by atoms with Gasteiger partial charge in [0.1, 0.15) is 5.60 Å². The first-order valence-electron chi connectivity index (χ1n) is 8.45. The van der Waals surface area contributed by atoms with Crippen molar-refractivity contribution < 1.29 is 14.7 Å². The Morgan fingerprint density at radius 3 is 2.61 bits per heavy atom. The highest BCUT2D eigenvalue weighted by atomic mass is 16.3. The minimum atomic E-state index is -1.22. The Bertz CT molecular complexity index is 481. The van der Waals surface area contributed by atoms with Gasteiger partial charge in [-0.3, -0.25) is 9.59 Å². The molecule has 0 saturated carbocycles. The molecular weight excluding hydrogens is 292 g/mol. The van der Waals surface area contributed by atoms with Crippen LogP contribution in [0.5, 0.6) is 0 Å². The lowest BCUT2D eigenvalue weighted by molar-refractivity contribution is -0.130. The zero-order valence-corrected chi connectivity index (χ0v) is 14.9. The number of nitrogens with one attached hydrogen (secondary N) is 1. The Morgan fingerprint density at radius 2 is 1.96 bits per heavy atom. The molecule has 2 N–H and O–H groups in total. The second-order valence-corrected chi connectivity index (χ2v) is 7.37. The molecule has 0 radical (unpaired) electrons. The Morgan fingerprint density at radius 1 is 1.26 bits per heavy atom. The molecular formula is C18H30N2O3. The van der Waals surface area contributed by atoms with Gasteiger partial charge in [-0.2, -0.15) is 0 Å². The van der Waals surface area contributed by atoms with Crippen molar-refractivity contribution in [2.45, 2.75) is 65.4 Å². The number of hydrogen-bond donors (Lipinski definition) is 2. The summed E-state index contributed by atoms with van der Waals surface area (Å²) in [6, 6.07) is 0. The van der Waals surface area contributed by atoms with Crippen LogP contribution in [0, 0.1) is 17.3 Å². The van der Waals surface area contributed by atoms with Gasteiger partial charge in [0.05, 0.1) is 0 Å². The Balaban J connectivity index is 2.33. The third-order valence-electron chi connectivity index (χ3n) is 4.44. The molecule has 5 heteroatoms. The largest absolute Gasteiger partial charge is 0.377 e. The van der Waals surface area contributed by atoms with E-state index in [9.17, 15) is 14.7 Å². The van der Waals surface area contributed by atoms with E-state index >= 15 is 0 Å². The molecule has 1 unspecified atom stereocenters.